The lowest BCUT2D eigenvalue weighted by atomic mass is 9.95. The van der Waals surface area contributed by atoms with Gasteiger partial charge in [0.05, 0.1) is 25.4 Å². The van der Waals surface area contributed by atoms with Crippen molar-refractivity contribution in [1.29, 1.82) is 0 Å². The van der Waals surface area contributed by atoms with Crippen molar-refractivity contribution in [3.8, 4) is 0 Å². The number of piperidine rings is 1. The van der Waals surface area contributed by atoms with Gasteiger partial charge in [0.2, 0.25) is 0 Å². The lowest BCUT2D eigenvalue weighted by molar-refractivity contribution is -0.321. The maximum atomic E-state index is 9.97. The Morgan fingerprint density at radius 1 is 0.864 bits per heavy atom. The highest BCUT2D eigenvalue weighted by Crippen LogP contribution is 2.25. The molecule has 9 atom stereocenters. The normalized spacial score (nSPS) is 50.0. The maximum Gasteiger partial charge on any atom is 0.187 e. The second kappa shape index (κ2) is 7.45. The molecule has 0 amide bonds. The molecular weight excluding hydrogens is 302 g/mol. The van der Waals surface area contributed by atoms with Crippen molar-refractivity contribution in [1.82, 2.24) is 5.32 Å². The van der Waals surface area contributed by atoms with Gasteiger partial charge in [-0.2, -0.15) is 0 Å². The summed E-state index contributed by atoms with van der Waals surface area (Å²) in [5.74, 6) is 0. The molecule has 0 aromatic heterocycles. The Balaban J connectivity index is 2.00. The van der Waals surface area contributed by atoms with Crippen molar-refractivity contribution >= 4 is 0 Å². The number of hydrogen-bond donors (Lipinski definition) is 8. The average Bonchev–Trinajstić information content (AvgIpc) is 2.52. The van der Waals surface area contributed by atoms with E-state index in [2.05, 4.69) is 5.32 Å². The first-order chi connectivity index (χ1) is 10.4. The van der Waals surface area contributed by atoms with Gasteiger partial charge >= 0.3 is 0 Å². The summed E-state index contributed by atoms with van der Waals surface area (Å²) in [7, 11) is 0. The molecule has 2 rings (SSSR count). The molecule has 2 saturated heterocycles. The van der Waals surface area contributed by atoms with Crippen LogP contribution in [0.5, 0.6) is 0 Å². The van der Waals surface area contributed by atoms with Crippen LogP contribution in [-0.2, 0) is 9.47 Å². The van der Waals surface area contributed by atoms with Gasteiger partial charge in [0.1, 0.15) is 36.6 Å². The van der Waals surface area contributed by atoms with Crippen molar-refractivity contribution in [2.75, 3.05) is 19.8 Å². The molecule has 0 aliphatic carbocycles. The van der Waals surface area contributed by atoms with E-state index in [1.807, 2.05) is 0 Å². The third-order valence-electron chi connectivity index (χ3n) is 4.08. The fraction of sp³-hybridized carbons (Fsp3) is 1.00. The Morgan fingerprint density at radius 3 is 2.14 bits per heavy atom. The average molecular weight is 325 g/mol. The molecule has 10 heteroatoms. The molecule has 2 fully saturated rings. The standard InChI is InChI=1S/C12H23NO9/c14-2-4-7(16)8(17)5(1-13-4)21-12-11(20)10(19)9(18)6(3-15)22-12/h4-20H,1-3H2/t4-,5-,6-,7-,8-,9-,10+,11-,12+/m1/s1. The smallest absolute Gasteiger partial charge is 0.187 e. The van der Waals surface area contributed by atoms with Crippen molar-refractivity contribution < 1.29 is 45.2 Å². The predicted octanol–water partition coefficient (Wildman–Crippen LogP) is -5.14. The zero-order valence-corrected chi connectivity index (χ0v) is 11.8. The van der Waals surface area contributed by atoms with Gasteiger partial charge in [0.15, 0.2) is 6.29 Å². The maximum absolute atomic E-state index is 9.97. The Labute approximate surface area is 126 Å². The van der Waals surface area contributed by atoms with Crippen LogP contribution >= 0.6 is 0 Å². The van der Waals surface area contributed by atoms with E-state index in [0.717, 1.165) is 0 Å². The van der Waals surface area contributed by atoms with E-state index in [1.165, 1.54) is 0 Å². The van der Waals surface area contributed by atoms with Gasteiger partial charge in [-0.05, 0) is 0 Å². The quantitative estimate of drug-likeness (QED) is 0.250. The van der Waals surface area contributed by atoms with E-state index in [4.69, 9.17) is 19.7 Å². The molecule has 0 radical (unpaired) electrons. The van der Waals surface area contributed by atoms with Gasteiger partial charge in [-0.1, -0.05) is 0 Å². The number of nitrogens with one attached hydrogen (secondary N) is 1. The second-order valence-electron chi connectivity index (χ2n) is 5.55. The molecule has 2 heterocycles. The van der Waals surface area contributed by atoms with E-state index in [9.17, 15) is 25.5 Å². The molecule has 0 bridgehead atoms. The SMILES string of the molecule is OC[C@H]1NC[C@@H](O[C@H]2O[C@H](CO)[C@@H](O)[C@H](O)[C@H]2O)[C@@H](O)[C@@H]1O. The van der Waals surface area contributed by atoms with Crippen molar-refractivity contribution in [2.45, 2.75) is 55.1 Å². The van der Waals surface area contributed by atoms with E-state index >= 15 is 0 Å². The summed E-state index contributed by atoms with van der Waals surface area (Å²) in [6.45, 7) is -0.894. The van der Waals surface area contributed by atoms with Gasteiger partial charge in [0.25, 0.3) is 0 Å². The predicted molar refractivity (Wildman–Crippen MR) is 69.5 cm³/mol. The number of aliphatic hydroxyl groups is 7. The highest BCUT2D eigenvalue weighted by atomic mass is 16.7. The van der Waals surface area contributed by atoms with Crippen LogP contribution in [-0.4, -0.2) is 111 Å². The first-order valence-electron chi connectivity index (χ1n) is 7.07. The summed E-state index contributed by atoms with van der Waals surface area (Å²) in [4.78, 5) is 0. The van der Waals surface area contributed by atoms with Gasteiger partial charge in [-0.3, -0.25) is 0 Å². The van der Waals surface area contributed by atoms with Crippen LogP contribution in [0.2, 0.25) is 0 Å². The van der Waals surface area contributed by atoms with Gasteiger partial charge in [0, 0.05) is 6.54 Å². The Bertz CT molecular complexity index is 357. The lowest BCUT2D eigenvalue weighted by Crippen LogP contribution is -2.65. The molecule has 10 nitrogen and oxygen atoms in total. The fourth-order valence-electron chi connectivity index (χ4n) is 2.62. The monoisotopic (exact) mass is 325 g/mol. The summed E-state index contributed by atoms with van der Waals surface area (Å²) < 4.78 is 10.5. The largest absolute Gasteiger partial charge is 0.395 e. The van der Waals surface area contributed by atoms with Crippen LogP contribution in [0.25, 0.3) is 0 Å². The Morgan fingerprint density at radius 2 is 1.55 bits per heavy atom. The van der Waals surface area contributed by atoms with E-state index < -0.39 is 61.7 Å². The molecule has 0 saturated carbocycles. The molecule has 0 aromatic carbocycles. The number of aliphatic hydroxyl groups excluding tert-OH is 7. The molecule has 2 aliphatic heterocycles. The third kappa shape index (κ3) is 3.41. The van der Waals surface area contributed by atoms with Crippen LogP contribution in [0, 0.1) is 0 Å². The number of hydrogen-bond acceptors (Lipinski definition) is 10. The summed E-state index contributed by atoms with van der Waals surface area (Å²) in [5, 5.41) is 69.8. The third-order valence-corrected chi connectivity index (χ3v) is 4.08. The van der Waals surface area contributed by atoms with Crippen molar-refractivity contribution in [2.24, 2.45) is 0 Å². The van der Waals surface area contributed by atoms with E-state index in [1.54, 1.807) is 0 Å². The van der Waals surface area contributed by atoms with Crippen molar-refractivity contribution in [3.63, 3.8) is 0 Å². The van der Waals surface area contributed by atoms with Crippen molar-refractivity contribution in [3.05, 3.63) is 0 Å². The molecule has 0 unspecified atom stereocenters. The molecule has 0 aromatic rings. The fourth-order valence-corrected chi connectivity index (χ4v) is 2.62. The molecule has 22 heavy (non-hydrogen) atoms. The van der Waals surface area contributed by atoms with Crippen LogP contribution in [0.1, 0.15) is 0 Å². The molecule has 2 aliphatic rings. The summed E-state index contributed by atoms with van der Waals surface area (Å²) in [6.07, 6.45) is -10.8. The highest BCUT2D eigenvalue weighted by molar-refractivity contribution is 4.95. The highest BCUT2D eigenvalue weighted by Gasteiger charge is 2.47. The first kappa shape index (κ1) is 17.9. The van der Waals surface area contributed by atoms with Crippen LogP contribution in [0.3, 0.4) is 0 Å². The van der Waals surface area contributed by atoms with E-state index in [0.29, 0.717) is 0 Å². The summed E-state index contributed by atoms with van der Waals surface area (Å²) in [6, 6.07) is -0.704. The molecule has 0 spiro atoms. The second-order valence-corrected chi connectivity index (χ2v) is 5.55. The van der Waals surface area contributed by atoms with Gasteiger partial charge < -0.3 is 50.5 Å². The summed E-state index contributed by atoms with van der Waals surface area (Å²) in [5.41, 5.74) is 0. The Hall–Kier alpha value is -0.400. The van der Waals surface area contributed by atoms with Gasteiger partial charge in [-0.25, -0.2) is 0 Å². The zero-order valence-electron chi connectivity index (χ0n) is 11.8. The minimum absolute atomic E-state index is 0.0679. The molecular formula is C12H23NO9. The van der Waals surface area contributed by atoms with Crippen LogP contribution in [0.15, 0.2) is 0 Å². The molecule has 8 N–H and O–H groups in total. The lowest BCUT2D eigenvalue weighted by Gasteiger charge is -2.43. The Kier molecular flexibility index (Phi) is 6.07. The van der Waals surface area contributed by atoms with Gasteiger partial charge in [-0.15, -0.1) is 0 Å². The molecule has 130 valence electrons. The topological polar surface area (TPSA) is 172 Å². The first-order valence-corrected chi connectivity index (χ1v) is 7.07. The van der Waals surface area contributed by atoms with Crippen LogP contribution < -0.4 is 5.32 Å². The van der Waals surface area contributed by atoms with E-state index in [-0.39, 0.29) is 13.2 Å². The summed E-state index contributed by atoms with van der Waals surface area (Å²) >= 11 is 0. The number of ether oxygens (including phenoxy) is 2. The zero-order chi connectivity index (χ0) is 16.4. The number of rotatable bonds is 4. The van der Waals surface area contributed by atoms with Crippen LogP contribution in [0.4, 0.5) is 0 Å². The minimum atomic E-state index is -1.59. The minimum Gasteiger partial charge on any atom is -0.395 e.